The average Bonchev–Trinajstić information content (AvgIpc) is 3.89. The highest BCUT2D eigenvalue weighted by atomic mass is 32.2. The van der Waals surface area contributed by atoms with Crippen LogP contribution in [0.25, 0.3) is 33.3 Å². The number of anilines is 4. The van der Waals surface area contributed by atoms with Crippen LogP contribution in [0.3, 0.4) is 0 Å². The third-order valence-electron chi connectivity index (χ3n) is 10.3. The molecule has 6 nitrogen and oxygen atoms in total. The van der Waals surface area contributed by atoms with Gasteiger partial charge in [0.25, 0.3) is 0 Å². The molecule has 6 aromatic rings. The quantitative estimate of drug-likeness (QED) is 0.179. The summed E-state index contributed by atoms with van der Waals surface area (Å²) in [6.45, 7) is 0. The van der Waals surface area contributed by atoms with Crippen molar-refractivity contribution in [2.75, 3.05) is 9.80 Å². The Morgan fingerprint density at radius 1 is 0.481 bits per heavy atom. The second-order valence-corrected chi connectivity index (χ2v) is 16.6. The summed E-state index contributed by atoms with van der Waals surface area (Å²) >= 11 is 6.36. The zero-order chi connectivity index (χ0) is 34.2. The van der Waals surface area contributed by atoms with E-state index >= 15 is 0 Å². The maximum Gasteiger partial charge on any atom is 0.115 e. The van der Waals surface area contributed by atoms with Gasteiger partial charge in [0.2, 0.25) is 0 Å². The van der Waals surface area contributed by atoms with E-state index < -0.39 is 0 Å². The molecular weight excluding hydrogens is 717 g/mol. The van der Waals surface area contributed by atoms with Crippen molar-refractivity contribution in [3.8, 4) is 22.3 Å². The van der Waals surface area contributed by atoms with E-state index in [0.717, 1.165) is 56.0 Å². The molecule has 0 N–H and O–H groups in total. The fourth-order valence-corrected chi connectivity index (χ4v) is 11.6. The first kappa shape index (κ1) is 30.6. The Morgan fingerprint density at radius 2 is 0.923 bits per heavy atom. The highest BCUT2D eigenvalue weighted by Crippen LogP contribution is 2.53. The highest BCUT2D eigenvalue weighted by Gasteiger charge is 2.36. The molecule has 4 heterocycles. The first-order chi connectivity index (χ1) is 25.8. The molecule has 0 radical (unpaired) electrons. The number of aromatic nitrogens is 2. The van der Waals surface area contributed by atoms with Crippen LogP contribution in [-0.2, 0) is 11.4 Å². The van der Waals surface area contributed by atoms with Crippen LogP contribution >= 0.6 is 35.3 Å². The zero-order valence-corrected chi connectivity index (χ0v) is 30.7. The van der Waals surface area contributed by atoms with Crippen molar-refractivity contribution < 1.29 is 0 Å². The lowest BCUT2D eigenvalue weighted by molar-refractivity contribution is 0.778. The molecule has 0 spiro atoms. The summed E-state index contributed by atoms with van der Waals surface area (Å²) in [7, 11) is 0. The van der Waals surface area contributed by atoms with E-state index in [0.29, 0.717) is 10.5 Å². The highest BCUT2D eigenvalue weighted by molar-refractivity contribution is 8.00. The van der Waals surface area contributed by atoms with E-state index in [4.69, 9.17) is 17.5 Å². The molecule has 1 aromatic heterocycles. The smallest absolute Gasteiger partial charge is 0.115 e. The molecule has 0 saturated carbocycles. The summed E-state index contributed by atoms with van der Waals surface area (Å²) < 4.78 is 19.5. The minimum Gasteiger partial charge on any atom is -0.332 e. The summed E-state index contributed by atoms with van der Waals surface area (Å²) in [5.41, 5.74) is 12.3. The van der Waals surface area contributed by atoms with Crippen molar-refractivity contribution in [2.24, 2.45) is 8.73 Å². The second-order valence-electron chi connectivity index (χ2n) is 13.1. The molecule has 250 valence electrons. The number of hydrogen-bond acceptors (Lipinski definition) is 9. The number of thioether (sulfide) groups is 2. The number of hydrogen-bond donors (Lipinski definition) is 0. The molecule has 0 bridgehead atoms. The molecule has 0 fully saturated rings. The predicted molar refractivity (Wildman–Crippen MR) is 220 cm³/mol. The SMILES string of the molecule is C1=CC2Sc3ccccc3N(c3ccc(-c4c5c(c(-c6ccc(N7c8ccccc8SC8C=CC=CC87)cc6)c6nsnc46)N=S=N5)cc3)C2C=C1. The lowest BCUT2D eigenvalue weighted by Gasteiger charge is -2.42. The lowest BCUT2D eigenvalue weighted by atomic mass is 9.93. The van der Waals surface area contributed by atoms with E-state index in [2.05, 4.69) is 155 Å². The third kappa shape index (κ3) is 4.78. The average molecular weight is 745 g/mol. The van der Waals surface area contributed by atoms with Crippen LogP contribution in [0.4, 0.5) is 34.1 Å². The second kappa shape index (κ2) is 12.3. The van der Waals surface area contributed by atoms with Gasteiger partial charge in [0.15, 0.2) is 0 Å². The van der Waals surface area contributed by atoms with Gasteiger partial charge in [-0.25, -0.2) is 0 Å². The van der Waals surface area contributed by atoms with Crippen molar-refractivity contribution in [1.29, 1.82) is 0 Å². The molecule has 10 heteroatoms. The molecular formula is C42H28N6S4. The van der Waals surface area contributed by atoms with E-state index in [1.54, 1.807) is 0 Å². The fraction of sp³-hybridized carbons (Fsp3) is 0.0952. The number of fused-ring (bicyclic) bond motifs is 6. The van der Waals surface area contributed by atoms with Crippen LogP contribution in [0, 0.1) is 0 Å². The summed E-state index contributed by atoms with van der Waals surface area (Å²) in [6, 6.07) is 35.6. The Hall–Kier alpha value is -5.00. The largest absolute Gasteiger partial charge is 0.332 e. The molecule has 3 aliphatic heterocycles. The Morgan fingerprint density at radius 3 is 1.40 bits per heavy atom. The molecule has 4 unspecified atom stereocenters. The number of allylic oxidation sites excluding steroid dienone is 4. The van der Waals surface area contributed by atoms with Crippen LogP contribution in [-0.4, -0.2) is 31.3 Å². The third-order valence-corrected chi connectivity index (χ3v) is 13.9. The van der Waals surface area contributed by atoms with Gasteiger partial charge in [0, 0.05) is 32.3 Å². The Balaban J connectivity index is 0.980. The normalized spacial score (nSPS) is 21.8. The zero-order valence-electron chi connectivity index (χ0n) is 27.5. The maximum atomic E-state index is 4.88. The van der Waals surface area contributed by atoms with Crippen LogP contribution in [0.5, 0.6) is 0 Å². The molecule has 5 aromatic carbocycles. The summed E-state index contributed by atoms with van der Waals surface area (Å²) in [5.74, 6) is 0. The molecule has 11 rings (SSSR count). The minimum atomic E-state index is 0.242. The molecule has 5 aliphatic rings. The minimum absolute atomic E-state index is 0.242. The van der Waals surface area contributed by atoms with Gasteiger partial charge < -0.3 is 9.80 Å². The van der Waals surface area contributed by atoms with Crippen molar-refractivity contribution in [3.63, 3.8) is 0 Å². The van der Waals surface area contributed by atoms with Gasteiger partial charge >= 0.3 is 0 Å². The van der Waals surface area contributed by atoms with Gasteiger partial charge in [0.1, 0.15) is 22.4 Å². The summed E-state index contributed by atoms with van der Waals surface area (Å²) in [6.07, 6.45) is 17.9. The van der Waals surface area contributed by atoms with Crippen LogP contribution in [0.2, 0.25) is 0 Å². The lowest BCUT2D eigenvalue weighted by Crippen LogP contribution is -2.40. The van der Waals surface area contributed by atoms with Gasteiger partial charge in [-0.15, -0.1) is 23.5 Å². The Labute approximate surface area is 317 Å². The van der Waals surface area contributed by atoms with Crippen molar-refractivity contribution >= 4 is 91.8 Å². The van der Waals surface area contributed by atoms with Crippen LogP contribution in [0.1, 0.15) is 0 Å². The molecule has 4 atom stereocenters. The van der Waals surface area contributed by atoms with Gasteiger partial charge in [-0.2, -0.15) is 17.5 Å². The van der Waals surface area contributed by atoms with Gasteiger partial charge in [-0.3, -0.25) is 0 Å². The number of benzene rings is 5. The molecule has 52 heavy (non-hydrogen) atoms. The van der Waals surface area contributed by atoms with E-state index in [1.807, 2.05) is 23.5 Å². The van der Waals surface area contributed by atoms with E-state index in [-0.39, 0.29) is 12.1 Å². The monoisotopic (exact) mass is 744 g/mol. The number of nitrogens with zero attached hydrogens (tertiary/aromatic N) is 6. The molecule has 2 aliphatic carbocycles. The molecule has 0 amide bonds. The summed E-state index contributed by atoms with van der Waals surface area (Å²) in [5, 5.41) is 0.714. The van der Waals surface area contributed by atoms with E-state index in [9.17, 15) is 0 Å². The Kier molecular flexibility index (Phi) is 7.24. The number of rotatable bonds is 4. The van der Waals surface area contributed by atoms with Crippen LogP contribution < -0.4 is 9.80 Å². The first-order valence-corrected chi connectivity index (χ1v) is 20.4. The van der Waals surface area contributed by atoms with Crippen molar-refractivity contribution in [2.45, 2.75) is 32.4 Å². The van der Waals surface area contributed by atoms with Crippen molar-refractivity contribution in [1.82, 2.24) is 8.75 Å². The summed E-state index contributed by atoms with van der Waals surface area (Å²) in [4.78, 5) is 7.54. The van der Waals surface area contributed by atoms with Gasteiger partial charge in [0.05, 0.1) is 57.0 Å². The fourth-order valence-electron chi connectivity index (χ4n) is 7.96. The Bertz CT molecular complexity index is 2440. The van der Waals surface area contributed by atoms with Gasteiger partial charge in [-0.1, -0.05) is 97.1 Å². The van der Waals surface area contributed by atoms with E-state index in [1.165, 1.54) is 44.2 Å². The van der Waals surface area contributed by atoms with Gasteiger partial charge in [-0.05, 0) is 59.7 Å². The number of para-hydroxylation sites is 2. The first-order valence-electron chi connectivity index (χ1n) is 17.2. The standard InChI is InChI=1S/C42H28N6S4/c1-5-13-33-29(9-1)47(30-10-2-6-14-34(30)49-33)27-21-17-25(18-22-27)37-39-41(45-51-43-39)38(42-40(37)44-52-46-42)26-19-23-28(24-20-26)48-31-11-3-7-15-35(31)50-36-16-8-4-12-32(36)48/h1-24,29,31,33,35H. The maximum absolute atomic E-state index is 4.88. The van der Waals surface area contributed by atoms with Crippen LogP contribution in [0.15, 0.2) is 164 Å². The predicted octanol–water partition coefficient (Wildman–Crippen LogP) is 12.0. The van der Waals surface area contributed by atoms with Crippen molar-refractivity contribution in [3.05, 3.63) is 146 Å². The molecule has 0 saturated heterocycles. The topological polar surface area (TPSA) is 57.0 Å².